The second kappa shape index (κ2) is 7.61. The van der Waals surface area contributed by atoms with Crippen molar-refractivity contribution < 1.29 is 9.63 Å². The molecule has 0 saturated carbocycles. The summed E-state index contributed by atoms with van der Waals surface area (Å²) < 4.78 is 0. The van der Waals surface area contributed by atoms with Gasteiger partial charge in [0, 0.05) is 10.6 Å². The second-order valence-electron chi connectivity index (χ2n) is 4.77. The van der Waals surface area contributed by atoms with Crippen molar-refractivity contribution in [3.8, 4) is 0 Å². The fraction of sp³-hybridized carbons (Fsp3) is 0.176. The van der Waals surface area contributed by atoms with E-state index in [4.69, 9.17) is 22.2 Å². The first kappa shape index (κ1) is 16.0. The van der Waals surface area contributed by atoms with Gasteiger partial charge in [0.1, 0.15) is 0 Å². The highest BCUT2D eigenvalue weighted by Crippen LogP contribution is 2.21. The third kappa shape index (κ3) is 4.09. The van der Waals surface area contributed by atoms with E-state index < -0.39 is 5.97 Å². The van der Waals surface area contributed by atoms with Crippen LogP contribution in [0.3, 0.4) is 0 Å². The molecule has 0 bridgehead atoms. The minimum atomic E-state index is -0.425. The molecule has 0 fully saturated rings. The summed E-state index contributed by atoms with van der Waals surface area (Å²) in [6, 6.07) is 16.3. The lowest BCUT2D eigenvalue weighted by atomic mass is 9.97. The number of hydrogen-bond donors (Lipinski definition) is 1. The monoisotopic (exact) mass is 316 g/mol. The summed E-state index contributed by atoms with van der Waals surface area (Å²) >= 11 is 5.81. The molecule has 5 heteroatoms. The molecule has 0 aliphatic carbocycles. The Morgan fingerprint density at radius 1 is 1.18 bits per heavy atom. The van der Waals surface area contributed by atoms with E-state index in [0.717, 1.165) is 5.56 Å². The number of carbonyl (C=O) groups excluding carboxylic acids is 1. The highest BCUT2D eigenvalue weighted by atomic mass is 35.5. The Balaban J connectivity index is 2.07. The first-order valence-corrected chi connectivity index (χ1v) is 7.34. The summed E-state index contributed by atoms with van der Waals surface area (Å²) in [5, 5.41) is 4.32. The van der Waals surface area contributed by atoms with Crippen LogP contribution in [0.2, 0.25) is 5.02 Å². The Morgan fingerprint density at radius 2 is 1.82 bits per heavy atom. The third-order valence-electron chi connectivity index (χ3n) is 3.27. The first-order chi connectivity index (χ1) is 10.6. The maximum atomic E-state index is 12.2. The standard InChI is InChI=1S/C17H17ClN2O2/c1-2-15(12-6-4-3-5-7-12)17(21)22-20-16(19)13-8-10-14(18)11-9-13/h3-11,15H,2H2,1H3,(H2,19,20)/t15-/m1/s1. The van der Waals surface area contributed by atoms with E-state index in [1.807, 2.05) is 37.3 Å². The van der Waals surface area contributed by atoms with E-state index in [9.17, 15) is 4.79 Å². The van der Waals surface area contributed by atoms with Crippen molar-refractivity contribution in [2.45, 2.75) is 19.3 Å². The molecule has 0 radical (unpaired) electrons. The molecule has 1 atom stereocenters. The molecule has 0 saturated heterocycles. The number of hydrogen-bond acceptors (Lipinski definition) is 3. The highest BCUT2D eigenvalue weighted by molar-refractivity contribution is 6.30. The molecule has 2 N–H and O–H groups in total. The van der Waals surface area contributed by atoms with Crippen LogP contribution in [0.5, 0.6) is 0 Å². The van der Waals surface area contributed by atoms with Crippen LogP contribution >= 0.6 is 11.6 Å². The normalized spacial score (nSPS) is 12.7. The number of amidine groups is 1. The van der Waals surface area contributed by atoms with Crippen molar-refractivity contribution in [3.05, 3.63) is 70.7 Å². The summed E-state index contributed by atoms with van der Waals surface area (Å²) in [5.41, 5.74) is 7.35. The lowest BCUT2D eigenvalue weighted by molar-refractivity contribution is -0.145. The SMILES string of the molecule is CC[C@@H](C(=O)ON=C(N)c1ccc(Cl)cc1)c1ccccc1. The zero-order chi connectivity index (χ0) is 15.9. The fourth-order valence-corrected chi connectivity index (χ4v) is 2.18. The quantitative estimate of drug-likeness (QED) is 0.396. The Bertz CT molecular complexity index is 654. The van der Waals surface area contributed by atoms with Crippen molar-refractivity contribution in [1.82, 2.24) is 0 Å². The average molecular weight is 317 g/mol. The van der Waals surface area contributed by atoms with E-state index in [2.05, 4.69) is 5.16 Å². The zero-order valence-corrected chi connectivity index (χ0v) is 13.0. The van der Waals surface area contributed by atoms with E-state index in [-0.39, 0.29) is 11.8 Å². The van der Waals surface area contributed by atoms with Crippen LogP contribution in [0.1, 0.15) is 30.4 Å². The van der Waals surface area contributed by atoms with Crippen LogP contribution in [0, 0.1) is 0 Å². The fourth-order valence-electron chi connectivity index (χ4n) is 2.05. The van der Waals surface area contributed by atoms with Gasteiger partial charge in [-0.2, -0.15) is 0 Å². The number of nitrogens with zero attached hydrogens (tertiary/aromatic N) is 1. The minimum Gasteiger partial charge on any atom is -0.380 e. The maximum Gasteiger partial charge on any atom is 0.342 e. The predicted molar refractivity (Wildman–Crippen MR) is 87.7 cm³/mol. The Hall–Kier alpha value is -2.33. The summed E-state index contributed by atoms with van der Waals surface area (Å²) in [7, 11) is 0. The molecule has 114 valence electrons. The van der Waals surface area contributed by atoms with E-state index in [0.29, 0.717) is 17.0 Å². The number of nitrogens with two attached hydrogens (primary N) is 1. The molecule has 2 rings (SSSR count). The van der Waals surface area contributed by atoms with E-state index in [1.165, 1.54) is 0 Å². The number of benzene rings is 2. The second-order valence-corrected chi connectivity index (χ2v) is 5.20. The first-order valence-electron chi connectivity index (χ1n) is 6.97. The molecule has 0 heterocycles. The molecule has 0 unspecified atom stereocenters. The third-order valence-corrected chi connectivity index (χ3v) is 3.52. The van der Waals surface area contributed by atoms with Gasteiger partial charge in [-0.15, -0.1) is 0 Å². The van der Waals surface area contributed by atoms with E-state index in [1.54, 1.807) is 24.3 Å². The maximum absolute atomic E-state index is 12.2. The van der Waals surface area contributed by atoms with Gasteiger partial charge in [0.05, 0.1) is 5.92 Å². The summed E-state index contributed by atoms with van der Waals surface area (Å²) in [6.07, 6.45) is 0.624. The van der Waals surface area contributed by atoms with Gasteiger partial charge in [0.15, 0.2) is 5.84 Å². The van der Waals surface area contributed by atoms with Crippen LogP contribution in [0.4, 0.5) is 0 Å². The predicted octanol–water partition coefficient (Wildman–Crippen LogP) is 3.70. The van der Waals surface area contributed by atoms with Gasteiger partial charge >= 0.3 is 5.97 Å². The van der Waals surface area contributed by atoms with Gasteiger partial charge in [-0.25, -0.2) is 4.79 Å². The smallest absolute Gasteiger partial charge is 0.342 e. The van der Waals surface area contributed by atoms with Crippen molar-refractivity contribution in [1.29, 1.82) is 0 Å². The summed E-state index contributed by atoms with van der Waals surface area (Å²) in [5.74, 6) is -0.651. The topological polar surface area (TPSA) is 64.7 Å². The largest absolute Gasteiger partial charge is 0.380 e. The molecular weight excluding hydrogens is 300 g/mol. The lowest BCUT2D eigenvalue weighted by Gasteiger charge is -2.11. The molecule has 2 aromatic carbocycles. The number of halogens is 1. The van der Waals surface area contributed by atoms with E-state index >= 15 is 0 Å². The molecule has 0 aliphatic rings. The van der Waals surface area contributed by atoms with Crippen LogP contribution in [-0.4, -0.2) is 11.8 Å². The van der Waals surface area contributed by atoms with Crippen molar-refractivity contribution in [2.24, 2.45) is 10.9 Å². The Morgan fingerprint density at radius 3 is 2.41 bits per heavy atom. The van der Waals surface area contributed by atoms with Crippen molar-refractivity contribution in [2.75, 3.05) is 0 Å². The van der Waals surface area contributed by atoms with Gasteiger partial charge in [-0.3, -0.25) is 0 Å². The number of oxime groups is 1. The molecule has 0 amide bonds. The molecule has 0 spiro atoms. The molecule has 4 nitrogen and oxygen atoms in total. The Kier molecular flexibility index (Phi) is 5.55. The van der Waals surface area contributed by atoms with Gasteiger partial charge in [0.2, 0.25) is 0 Å². The lowest BCUT2D eigenvalue weighted by Crippen LogP contribution is -2.18. The van der Waals surface area contributed by atoms with Crippen LogP contribution in [-0.2, 0) is 9.63 Å². The summed E-state index contributed by atoms with van der Waals surface area (Å²) in [4.78, 5) is 17.1. The van der Waals surface area contributed by atoms with Gasteiger partial charge in [-0.1, -0.05) is 54.0 Å². The number of rotatable bonds is 5. The highest BCUT2D eigenvalue weighted by Gasteiger charge is 2.20. The minimum absolute atomic E-state index is 0.132. The Labute approximate surface area is 134 Å². The van der Waals surface area contributed by atoms with Gasteiger partial charge in [0.25, 0.3) is 0 Å². The average Bonchev–Trinajstić information content (AvgIpc) is 2.55. The van der Waals surface area contributed by atoms with Crippen LogP contribution in [0.25, 0.3) is 0 Å². The van der Waals surface area contributed by atoms with Gasteiger partial charge in [-0.05, 0) is 36.2 Å². The zero-order valence-electron chi connectivity index (χ0n) is 12.2. The van der Waals surface area contributed by atoms with Gasteiger partial charge < -0.3 is 10.6 Å². The van der Waals surface area contributed by atoms with Crippen LogP contribution < -0.4 is 5.73 Å². The number of carbonyl (C=O) groups is 1. The summed E-state index contributed by atoms with van der Waals surface area (Å²) in [6.45, 7) is 1.92. The molecule has 2 aromatic rings. The van der Waals surface area contributed by atoms with Crippen molar-refractivity contribution in [3.63, 3.8) is 0 Å². The molecular formula is C17H17ClN2O2. The van der Waals surface area contributed by atoms with Crippen LogP contribution in [0.15, 0.2) is 59.8 Å². The van der Waals surface area contributed by atoms with Crippen molar-refractivity contribution >= 4 is 23.4 Å². The molecule has 0 aliphatic heterocycles. The molecule has 22 heavy (non-hydrogen) atoms. The molecule has 0 aromatic heterocycles.